The molecule has 1 unspecified atom stereocenters. The molecule has 1 saturated heterocycles. The number of nitro groups is 1. The van der Waals surface area contributed by atoms with Gasteiger partial charge in [-0.1, -0.05) is 23.2 Å². The Bertz CT molecular complexity index is 947. The minimum Gasteiger partial charge on any atom is -0.326 e. The van der Waals surface area contributed by atoms with Gasteiger partial charge in [-0.05, 0) is 44.4 Å². The molecule has 1 aliphatic rings. The number of nitrogens with one attached hydrogen (secondary N) is 1. The van der Waals surface area contributed by atoms with Crippen molar-refractivity contribution >= 4 is 57.7 Å². The third-order valence-electron chi connectivity index (χ3n) is 4.55. The Morgan fingerprint density at radius 2 is 2.00 bits per heavy atom. The molecule has 0 saturated carbocycles. The van der Waals surface area contributed by atoms with Crippen LogP contribution in [0.3, 0.4) is 0 Å². The standard InChI is InChI=1S/C18H17Cl2N3O4S/c1-10-15(23(26)27)9-16(28-10)18(25)22-7-3-2-4-14(22)17(24)21-11-5-6-12(19)13(20)8-11/h5-6,8-9,14H,2-4,7H2,1H3,(H,21,24). The van der Waals surface area contributed by atoms with Crippen molar-refractivity contribution in [2.45, 2.75) is 32.2 Å². The summed E-state index contributed by atoms with van der Waals surface area (Å²) in [5.41, 5.74) is 0.405. The number of halogens is 2. The van der Waals surface area contributed by atoms with Gasteiger partial charge in [-0.3, -0.25) is 19.7 Å². The highest BCUT2D eigenvalue weighted by Gasteiger charge is 2.34. The summed E-state index contributed by atoms with van der Waals surface area (Å²) in [6, 6.07) is 5.38. The lowest BCUT2D eigenvalue weighted by atomic mass is 10.0. The zero-order chi connectivity index (χ0) is 20.4. The van der Waals surface area contributed by atoms with Gasteiger partial charge in [-0.2, -0.15) is 0 Å². The van der Waals surface area contributed by atoms with Gasteiger partial charge < -0.3 is 10.2 Å². The normalized spacial score (nSPS) is 16.7. The number of rotatable bonds is 4. The highest BCUT2D eigenvalue weighted by atomic mass is 35.5. The van der Waals surface area contributed by atoms with Crippen LogP contribution in [-0.4, -0.2) is 34.2 Å². The van der Waals surface area contributed by atoms with Crippen LogP contribution in [0.5, 0.6) is 0 Å². The summed E-state index contributed by atoms with van der Waals surface area (Å²) in [4.78, 5) is 38.5. The molecule has 148 valence electrons. The molecule has 0 spiro atoms. The zero-order valence-electron chi connectivity index (χ0n) is 14.9. The molecule has 10 heteroatoms. The molecule has 3 rings (SSSR count). The summed E-state index contributed by atoms with van der Waals surface area (Å²) < 4.78 is 0. The largest absolute Gasteiger partial charge is 0.326 e. The van der Waals surface area contributed by atoms with E-state index in [1.807, 2.05) is 0 Å². The predicted molar refractivity (Wildman–Crippen MR) is 109 cm³/mol. The third-order valence-corrected chi connectivity index (χ3v) is 6.32. The van der Waals surface area contributed by atoms with E-state index in [2.05, 4.69) is 5.32 Å². The second-order valence-electron chi connectivity index (χ2n) is 6.44. The fourth-order valence-electron chi connectivity index (χ4n) is 3.15. The highest BCUT2D eigenvalue weighted by Crippen LogP contribution is 2.31. The molecule has 1 aromatic carbocycles. The zero-order valence-corrected chi connectivity index (χ0v) is 17.2. The van der Waals surface area contributed by atoms with Crippen LogP contribution >= 0.6 is 34.5 Å². The molecular formula is C18H17Cl2N3O4S. The number of aryl methyl sites for hydroxylation is 1. The SMILES string of the molecule is Cc1sc(C(=O)N2CCCCC2C(=O)Nc2ccc(Cl)c(Cl)c2)cc1[N+](=O)[O-]. The molecule has 2 amide bonds. The predicted octanol–water partition coefficient (Wildman–Crippen LogP) is 4.90. The number of likely N-dealkylation sites (tertiary alicyclic amines) is 1. The van der Waals surface area contributed by atoms with E-state index in [4.69, 9.17) is 23.2 Å². The molecule has 0 bridgehead atoms. The molecule has 1 aliphatic heterocycles. The number of benzene rings is 1. The minimum atomic E-state index is -0.655. The fourth-order valence-corrected chi connectivity index (χ4v) is 4.39. The van der Waals surface area contributed by atoms with Crippen LogP contribution < -0.4 is 5.32 Å². The van der Waals surface area contributed by atoms with Crippen LogP contribution in [0, 0.1) is 17.0 Å². The van der Waals surface area contributed by atoms with Crippen molar-refractivity contribution in [2.75, 3.05) is 11.9 Å². The Morgan fingerprint density at radius 3 is 2.64 bits per heavy atom. The Hall–Kier alpha value is -2.16. The van der Waals surface area contributed by atoms with Crippen molar-refractivity contribution in [3.8, 4) is 0 Å². The molecule has 1 atom stereocenters. The third kappa shape index (κ3) is 4.29. The molecule has 2 aromatic rings. The number of carbonyl (C=O) groups excluding carboxylic acids is 2. The average molecular weight is 442 g/mol. The van der Waals surface area contributed by atoms with E-state index in [-0.39, 0.29) is 22.4 Å². The van der Waals surface area contributed by atoms with Crippen LogP contribution in [0.1, 0.15) is 33.8 Å². The summed E-state index contributed by atoms with van der Waals surface area (Å²) in [5.74, 6) is -0.690. The van der Waals surface area contributed by atoms with Gasteiger partial charge in [0.25, 0.3) is 11.6 Å². The maximum absolute atomic E-state index is 12.9. The van der Waals surface area contributed by atoms with Crippen LogP contribution in [0.2, 0.25) is 10.0 Å². The summed E-state index contributed by atoms with van der Waals surface area (Å²) >= 11 is 12.9. The van der Waals surface area contributed by atoms with Gasteiger partial charge in [-0.25, -0.2) is 0 Å². The first kappa shape index (κ1) is 20.6. The second kappa shape index (κ2) is 8.46. The van der Waals surface area contributed by atoms with Crippen molar-refractivity contribution in [1.82, 2.24) is 4.90 Å². The van der Waals surface area contributed by atoms with Crippen LogP contribution in [-0.2, 0) is 4.79 Å². The van der Waals surface area contributed by atoms with Crippen molar-refractivity contribution in [3.63, 3.8) is 0 Å². The maximum atomic E-state index is 12.9. The van der Waals surface area contributed by atoms with E-state index in [1.165, 1.54) is 11.0 Å². The molecule has 0 radical (unpaired) electrons. The lowest BCUT2D eigenvalue weighted by Gasteiger charge is -2.34. The average Bonchev–Trinajstić information content (AvgIpc) is 3.06. The van der Waals surface area contributed by atoms with Crippen molar-refractivity contribution in [3.05, 3.63) is 54.2 Å². The number of nitrogens with zero attached hydrogens (tertiary/aromatic N) is 2. The number of piperidine rings is 1. The number of amides is 2. The first-order valence-electron chi connectivity index (χ1n) is 8.59. The lowest BCUT2D eigenvalue weighted by Crippen LogP contribution is -2.49. The van der Waals surface area contributed by atoms with Gasteiger partial charge >= 0.3 is 0 Å². The first-order valence-corrected chi connectivity index (χ1v) is 10.2. The first-order chi connectivity index (χ1) is 13.3. The van der Waals surface area contributed by atoms with E-state index in [0.717, 1.165) is 24.2 Å². The molecule has 1 fully saturated rings. The van der Waals surface area contributed by atoms with Gasteiger partial charge in [0.1, 0.15) is 6.04 Å². The number of hydrogen-bond acceptors (Lipinski definition) is 5. The summed E-state index contributed by atoms with van der Waals surface area (Å²) in [5, 5.41) is 14.5. The number of thiophene rings is 1. The molecule has 1 N–H and O–H groups in total. The van der Waals surface area contributed by atoms with Gasteiger partial charge in [-0.15, -0.1) is 11.3 Å². The van der Waals surface area contributed by atoms with Gasteiger partial charge in [0.15, 0.2) is 0 Å². The maximum Gasteiger partial charge on any atom is 0.283 e. The second-order valence-corrected chi connectivity index (χ2v) is 8.51. The van der Waals surface area contributed by atoms with E-state index in [9.17, 15) is 19.7 Å². The van der Waals surface area contributed by atoms with Gasteiger partial charge in [0.05, 0.1) is 24.7 Å². The van der Waals surface area contributed by atoms with E-state index in [1.54, 1.807) is 25.1 Å². The number of carbonyl (C=O) groups is 2. The summed E-state index contributed by atoms with van der Waals surface area (Å²) in [6.07, 6.45) is 2.10. The van der Waals surface area contributed by atoms with Crippen molar-refractivity contribution in [2.24, 2.45) is 0 Å². The van der Waals surface area contributed by atoms with Crippen molar-refractivity contribution < 1.29 is 14.5 Å². The van der Waals surface area contributed by atoms with Crippen LogP contribution in [0.4, 0.5) is 11.4 Å². The molecule has 28 heavy (non-hydrogen) atoms. The molecule has 0 aliphatic carbocycles. The van der Waals surface area contributed by atoms with Crippen LogP contribution in [0.25, 0.3) is 0 Å². The van der Waals surface area contributed by atoms with Crippen molar-refractivity contribution in [1.29, 1.82) is 0 Å². The molecular weight excluding hydrogens is 425 g/mol. The van der Waals surface area contributed by atoms with Gasteiger partial charge in [0, 0.05) is 18.3 Å². The van der Waals surface area contributed by atoms with E-state index >= 15 is 0 Å². The molecule has 2 heterocycles. The number of hydrogen-bond donors (Lipinski definition) is 1. The fraction of sp³-hybridized carbons (Fsp3) is 0.333. The monoisotopic (exact) mass is 441 g/mol. The summed E-state index contributed by atoms with van der Waals surface area (Å²) in [7, 11) is 0. The Morgan fingerprint density at radius 1 is 1.25 bits per heavy atom. The highest BCUT2D eigenvalue weighted by molar-refractivity contribution is 7.14. The smallest absolute Gasteiger partial charge is 0.283 e. The number of anilines is 1. The Kier molecular flexibility index (Phi) is 6.22. The van der Waals surface area contributed by atoms with Crippen LogP contribution in [0.15, 0.2) is 24.3 Å². The van der Waals surface area contributed by atoms with E-state index in [0.29, 0.717) is 33.6 Å². The minimum absolute atomic E-state index is 0.0813. The Labute approximate surface area is 175 Å². The topological polar surface area (TPSA) is 92.6 Å². The Balaban J connectivity index is 1.80. The molecule has 7 nitrogen and oxygen atoms in total. The molecule has 1 aromatic heterocycles. The quantitative estimate of drug-likeness (QED) is 0.538. The lowest BCUT2D eigenvalue weighted by molar-refractivity contribution is -0.385. The van der Waals surface area contributed by atoms with E-state index < -0.39 is 11.0 Å². The van der Waals surface area contributed by atoms with Gasteiger partial charge in [0.2, 0.25) is 5.91 Å². The summed E-state index contributed by atoms with van der Waals surface area (Å²) in [6.45, 7) is 2.02.